The summed E-state index contributed by atoms with van der Waals surface area (Å²) in [6.07, 6.45) is 1.67. The van der Waals surface area contributed by atoms with E-state index < -0.39 is 5.97 Å². The predicted octanol–water partition coefficient (Wildman–Crippen LogP) is 6.00. The van der Waals surface area contributed by atoms with Crippen LogP contribution in [-0.4, -0.2) is 17.3 Å². The fraction of sp³-hybridized carbons (Fsp3) is 0.217. The molecule has 4 heteroatoms. The number of aliphatic imine (C=N–C) groups is 1. The molecule has 0 bridgehead atoms. The van der Waals surface area contributed by atoms with Gasteiger partial charge in [-0.2, -0.15) is 0 Å². The fourth-order valence-corrected chi connectivity index (χ4v) is 2.77. The van der Waals surface area contributed by atoms with E-state index in [9.17, 15) is 9.90 Å². The molecule has 0 aliphatic heterocycles. The van der Waals surface area contributed by atoms with Crippen molar-refractivity contribution in [1.82, 2.24) is 0 Å². The van der Waals surface area contributed by atoms with Crippen LogP contribution < -0.4 is 0 Å². The molecule has 0 aliphatic rings. The SMILES string of the molecule is Cc1ccc(-c2ccc(C=Nc3ccc(C(C)(C)C)cc3)o2)cc1C(=O)O. The van der Waals surface area contributed by atoms with E-state index in [2.05, 4.69) is 37.9 Å². The van der Waals surface area contributed by atoms with E-state index in [1.165, 1.54) is 5.56 Å². The molecular weight excluding hydrogens is 338 g/mol. The minimum Gasteiger partial charge on any atom is -0.478 e. The average molecular weight is 361 g/mol. The second kappa shape index (κ2) is 7.23. The number of carboxylic acids is 1. The number of furan rings is 1. The highest BCUT2D eigenvalue weighted by molar-refractivity contribution is 5.91. The minimum absolute atomic E-state index is 0.112. The summed E-state index contributed by atoms with van der Waals surface area (Å²) in [7, 11) is 0. The van der Waals surface area contributed by atoms with Crippen LogP contribution in [0.15, 0.2) is 64.0 Å². The topological polar surface area (TPSA) is 62.8 Å². The summed E-state index contributed by atoms with van der Waals surface area (Å²) in [6, 6.07) is 17.0. The number of nitrogens with zero attached hydrogens (tertiary/aromatic N) is 1. The number of carboxylic acid groups (broad SMARTS) is 1. The monoisotopic (exact) mass is 361 g/mol. The molecule has 3 rings (SSSR count). The first-order valence-electron chi connectivity index (χ1n) is 8.83. The zero-order valence-corrected chi connectivity index (χ0v) is 16.0. The molecule has 1 N–H and O–H groups in total. The van der Waals surface area contributed by atoms with Gasteiger partial charge in [-0.15, -0.1) is 0 Å². The summed E-state index contributed by atoms with van der Waals surface area (Å²) in [5.41, 5.74) is 3.95. The lowest BCUT2D eigenvalue weighted by atomic mass is 9.87. The van der Waals surface area contributed by atoms with Crippen LogP contribution in [0.2, 0.25) is 0 Å². The van der Waals surface area contributed by atoms with Crippen molar-refractivity contribution in [2.75, 3.05) is 0 Å². The maximum absolute atomic E-state index is 11.3. The Morgan fingerprint density at radius 2 is 1.74 bits per heavy atom. The molecule has 2 aromatic carbocycles. The minimum atomic E-state index is -0.943. The van der Waals surface area contributed by atoms with E-state index in [0.29, 0.717) is 11.5 Å². The van der Waals surface area contributed by atoms with Gasteiger partial charge in [-0.25, -0.2) is 4.79 Å². The smallest absolute Gasteiger partial charge is 0.335 e. The number of hydrogen-bond acceptors (Lipinski definition) is 3. The standard InChI is InChI=1S/C23H23NO3/c1-15-5-6-16(13-20(15)22(25)26)21-12-11-19(27-21)14-24-18-9-7-17(8-10-18)23(2,3)4/h5-14H,1-4H3,(H,25,26). The normalized spacial score (nSPS) is 11.9. The molecule has 0 fully saturated rings. The Bertz CT molecular complexity index is 989. The van der Waals surface area contributed by atoms with Gasteiger partial charge < -0.3 is 9.52 Å². The largest absolute Gasteiger partial charge is 0.478 e. The van der Waals surface area contributed by atoms with Gasteiger partial charge in [-0.05, 0) is 53.8 Å². The van der Waals surface area contributed by atoms with Gasteiger partial charge in [-0.1, -0.05) is 45.0 Å². The van der Waals surface area contributed by atoms with Crippen LogP contribution in [0.4, 0.5) is 5.69 Å². The number of rotatable bonds is 4. The van der Waals surface area contributed by atoms with Gasteiger partial charge in [-0.3, -0.25) is 4.99 Å². The van der Waals surface area contributed by atoms with Crippen molar-refractivity contribution >= 4 is 17.9 Å². The van der Waals surface area contributed by atoms with Crippen LogP contribution in [0.3, 0.4) is 0 Å². The molecule has 0 aliphatic carbocycles. The van der Waals surface area contributed by atoms with Crippen molar-refractivity contribution in [2.24, 2.45) is 4.99 Å². The van der Waals surface area contributed by atoms with Crippen molar-refractivity contribution in [3.8, 4) is 11.3 Å². The van der Waals surface area contributed by atoms with Crippen LogP contribution in [-0.2, 0) is 5.41 Å². The second-order valence-electron chi connectivity index (χ2n) is 7.59. The number of benzene rings is 2. The predicted molar refractivity (Wildman–Crippen MR) is 108 cm³/mol. The molecule has 4 nitrogen and oxygen atoms in total. The van der Waals surface area contributed by atoms with Gasteiger partial charge >= 0.3 is 5.97 Å². The molecule has 0 saturated carbocycles. The van der Waals surface area contributed by atoms with Crippen molar-refractivity contribution in [3.63, 3.8) is 0 Å². The zero-order chi connectivity index (χ0) is 19.6. The first-order valence-corrected chi connectivity index (χ1v) is 8.83. The molecule has 27 heavy (non-hydrogen) atoms. The van der Waals surface area contributed by atoms with Crippen molar-refractivity contribution in [2.45, 2.75) is 33.1 Å². The summed E-state index contributed by atoms with van der Waals surface area (Å²) in [5, 5.41) is 9.27. The molecule has 0 amide bonds. The first kappa shape index (κ1) is 18.6. The maximum Gasteiger partial charge on any atom is 0.335 e. The molecule has 138 valence electrons. The summed E-state index contributed by atoms with van der Waals surface area (Å²) in [5.74, 6) is 0.283. The Hall–Kier alpha value is -3.14. The van der Waals surface area contributed by atoms with Gasteiger partial charge in [0.2, 0.25) is 0 Å². The highest BCUT2D eigenvalue weighted by Crippen LogP contribution is 2.26. The lowest BCUT2D eigenvalue weighted by Gasteiger charge is -2.18. The third kappa shape index (κ3) is 4.34. The lowest BCUT2D eigenvalue weighted by molar-refractivity contribution is 0.0696. The number of carbonyl (C=O) groups is 1. The van der Waals surface area contributed by atoms with E-state index in [1.54, 1.807) is 25.3 Å². The molecular formula is C23H23NO3. The molecule has 1 aromatic heterocycles. The summed E-state index contributed by atoms with van der Waals surface area (Å²) < 4.78 is 5.80. The fourth-order valence-electron chi connectivity index (χ4n) is 2.77. The summed E-state index contributed by atoms with van der Waals surface area (Å²) >= 11 is 0. The average Bonchev–Trinajstić information content (AvgIpc) is 3.09. The Morgan fingerprint density at radius 1 is 1.04 bits per heavy atom. The molecule has 1 heterocycles. The Balaban J connectivity index is 1.79. The zero-order valence-electron chi connectivity index (χ0n) is 16.0. The molecule has 3 aromatic rings. The third-order valence-electron chi connectivity index (χ3n) is 4.45. The lowest BCUT2D eigenvalue weighted by Crippen LogP contribution is -2.10. The highest BCUT2D eigenvalue weighted by Gasteiger charge is 2.13. The number of aryl methyl sites for hydroxylation is 1. The molecule has 0 radical (unpaired) electrons. The Morgan fingerprint density at radius 3 is 2.37 bits per heavy atom. The molecule has 0 spiro atoms. The second-order valence-corrected chi connectivity index (χ2v) is 7.59. The Kier molecular flexibility index (Phi) is 5.00. The first-order chi connectivity index (χ1) is 12.7. The van der Waals surface area contributed by atoms with E-state index in [-0.39, 0.29) is 11.0 Å². The Labute approximate surface area is 159 Å². The van der Waals surface area contributed by atoms with Gasteiger partial charge in [0.15, 0.2) is 0 Å². The van der Waals surface area contributed by atoms with E-state index in [4.69, 9.17) is 4.42 Å². The number of hydrogen-bond donors (Lipinski definition) is 1. The van der Waals surface area contributed by atoms with Crippen LogP contribution in [0.1, 0.15) is 48.0 Å². The van der Waals surface area contributed by atoms with Crippen molar-refractivity contribution < 1.29 is 14.3 Å². The van der Waals surface area contributed by atoms with E-state index >= 15 is 0 Å². The summed E-state index contributed by atoms with van der Waals surface area (Å²) in [4.78, 5) is 15.8. The van der Waals surface area contributed by atoms with E-state index in [0.717, 1.165) is 16.8 Å². The van der Waals surface area contributed by atoms with Gasteiger partial charge in [0.1, 0.15) is 11.5 Å². The maximum atomic E-state index is 11.3. The van der Waals surface area contributed by atoms with Gasteiger partial charge in [0, 0.05) is 5.56 Å². The van der Waals surface area contributed by atoms with Crippen LogP contribution >= 0.6 is 0 Å². The quantitative estimate of drug-likeness (QED) is 0.580. The van der Waals surface area contributed by atoms with Crippen molar-refractivity contribution in [1.29, 1.82) is 0 Å². The molecule has 0 atom stereocenters. The van der Waals surface area contributed by atoms with Gasteiger partial charge in [0.05, 0.1) is 17.5 Å². The van der Waals surface area contributed by atoms with Crippen LogP contribution in [0.5, 0.6) is 0 Å². The van der Waals surface area contributed by atoms with Crippen molar-refractivity contribution in [3.05, 3.63) is 77.0 Å². The van der Waals surface area contributed by atoms with Crippen LogP contribution in [0, 0.1) is 6.92 Å². The summed E-state index contributed by atoms with van der Waals surface area (Å²) in [6.45, 7) is 8.31. The third-order valence-corrected chi connectivity index (χ3v) is 4.45. The van der Waals surface area contributed by atoms with Gasteiger partial charge in [0.25, 0.3) is 0 Å². The van der Waals surface area contributed by atoms with E-state index in [1.807, 2.05) is 30.3 Å². The number of aromatic carboxylic acids is 1. The van der Waals surface area contributed by atoms with Crippen LogP contribution in [0.25, 0.3) is 11.3 Å². The molecule has 0 saturated heterocycles. The molecule has 0 unspecified atom stereocenters. The highest BCUT2D eigenvalue weighted by atomic mass is 16.4.